The van der Waals surface area contributed by atoms with E-state index < -0.39 is 0 Å². The van der Waals surface area contributed by atoms with Gasteiger partial charge >= 0.3 is 0 Å². The van der Waals surface area contributed by atoms with Crippen LogP contribution in [0.25, 0.3) is 0 Å². The van der Waals surface area contributed by atoms with E-state index in [4.69, 9.17) is 4.74 Å². The van der Waals surface area contributed by atoms with Crippen LogP contribution in [0.1, 0.15) is 44.9 Å². The summed E-state index contributed by atoms with van der Waals surface area (Å²) in [7, 11) is 0. The molecule has 2 heteroatoms. The van der Waals surface area contributed by atoms with Crippen molar-refractivity contribution in [1.29, 1.82) is 0 Å². The van der Waals surface area contributed by atoms with Gasteiger partial charge in [0.05, 0.1) is 12.2 Å². The smallest absolute Gasteiger partial charge is 0.0940 e. The van der Waals surface area contributed by atoms with E-state index in [-0.39, 0.29) is 12.2 Å². The Morgan fingerprint density at radius 3 is 2.46 bits per heavy atom. The van der Waals surface area contributed by atoms with Gasteiger partial charge in [-0.3, -0.25) is 0 Å². The van der Waals surface area contributed by atoms with Crippen LogP contribution in [-0.4, -0.2) is 23.9 Å². The van der Waals surface area contributed by atoms with Crippen LogP contribution in [0.3, 0.4) is 0 Å². The van der Waals surface area contributed by atoms with E-state index in [2.05, 4.69) is 0 Å². The monoisotopic (exact) mass is 184 g/mol. The second kappa shape index (κ2) is 3.97. The maximum atomic E-state index is 9.44. The average Bonchev–Trinajstić information content (AvgIpc) is 2.69. The molecule has 2 nitrogen and oxygen atoms in total. The number of ether oxygens (including phenoxy) is 1. The first-order valence-corrected chi connectivity index (χ1v) is 5.62. The fraction of sp³-hybridized carbons (Fsp3) is 1.00. The van der Waals surface area contributed by atoms with Gasteiger partial charge in [0.25, 0.3) is 0 Å². The Labute approximate surface area is 80.3 Å². The van der Waals surface area contributed by atoms with Gasteiger partial charge in [-0.15, -0.1) is 0 Å². The van der Waals surface area contributed by atoms with Gasteiger partial charge in [-0.2, -0.15) is 0 Å². The Kier molecular flexibility index (Phi) is 2.89. The molecule has 0 aromatic carbocycles. The molecule has 0 radical (unpaired) electrons. The molecule has 1 unspecified atom stereocenters. The summed E-state index contributed by atoms with van der Waals surface area (Å²) in [6.07, 6.45) is 8.77. The summed E-state index contributed by atoms with van der Waals surface area (Å²) in [6, 6.07) is 0. The summed E-state index contributed by atoms with van der Waals surface area (Å²) in [4.78, 5) is 0. The molecule has 0 bridgehead atoms. The predicted molar refractivity (Wildman–Crippen MR) is 51.6 cm³/mol. The molecule has 2 rings (SSSR count). The van der Waals surface area contributed by atoms with Gasteiger partial charge < -0.3 is 9.84 Å². The second-order valence-corrected chi connectivity index (χ2v) is 4.51. The lowest BCUT2D eigenvalue weighted by Crippen LogP contribution is -2.42. The lowest BCUT2D eigenvalue weighted by molar-refractivity contribution is -0.0889. The van der Waals surface area contributed by atoms with Crippen molar-refractivity contribution in [3.05, 3.63) is 0 Å². The molecular weight excluding hydrogens is 164 g/mol. The average molecular weight is 184 g/mol. The molecule has 1 aliphatic heterocycles. The standard InChI is InChI=1S/C11H20O2/c12-9-11(7-4-8-13-11)10-5-2-1-3-6-10/h10,12H,1-9H2. The van der Waals surface area contributed by atoms with Crippen LogP contribution in [0.4, 0.5) is 0 Å². The zero-order valence-electron chi connectivity index (χ0n) is 8.30. The summed E-state index contributed by atoms with van der Waals surface area (Å²) in [6.45, 7) is 1.09. The minimum atomic E-state index is -0.138. The highest BCUT2D eigenvalue weighted by atomic mass is 16.5. The molecule has 76 valence electrons. The largest absolute Gasteiger partial charge is 0.393 e. The highest BCUT2D eigenvalue weighted by molar-refractivity contribution is 4.92. The fourth-order valence-electron chi connectivity index (χ4n) is 2.92. The first kappa shape index (κ1) is 9.47. The van der Waals surface area contributed by atoms with Gasteiger partial charge in [-0.1, -0.05) is 19.3 Å². The van der Waals surface area contributed by atoms with Gasteiger partial charge in [0, 0.05) is 6.61 Å². The molecule has 0 aromatic heterocycles. The van der Waals surface area contributed by atoms with E-state index in [1.54, 1.807) is 0 Å². The fourth-order valence-corrected chi connectivity index (χ4v) is 2.92. The lowest BCUT2D eigenvalue weighted by atomic mass is 9.76. The summed E-state index contributed by atoms with van der Waals surface area (Å²) < 4.78 is 5.78. The molecule has 2 aliphatic rings. The highest BCUT2D eigenvalue weighted by Gasteiger charge is 2.42. The molecule has 1 saturated carbocycles. The summed E-state index contributed by atoms with van der Waals surface area (Å²) >= 11 is 0. The molecular formula is C11H20O2. The third kappa shape index (κ3) is 1.75. The van der Waals surface area contributed by atoms with Crippen molar-refractivity contribution in [1.82, 2.24) is 0 Å². The topological polar surface area (TPSA) is 29.5 Å². The van der Waals surface area contributed by atoms with Crippen molar-refractivity contribution in [2.75, 3.05) is 13.2 Å². The minimum absolute atomic E-state index is 0.138. The van der Waals surface area contributed by atoms with E-state index in [0.717, 1.165) is 19.4 Å². The van der Waals surface area contributed by atoms with Gasteiger partial charge in [-0.25, -0.2) is 0 Å². The third-order valence-electron chi connectivity index (χ3n) is 3.75. The van der Waals surface area contributed by atoms with Crippen LogP contribution in [0.2, 0.25) is 0 Å². The molecule has 1 aliphatic carbocycles. The van der Waals surface area contributed by atoms with Crippen molar-refractivity contribution in [2.24, 2.45) is 5.92 Å². The zero-order valence-corrected chi connectivity index (χ0v) is 8.30. The summed E-state index contributed by atoms with van der Waals surface area (Å²) in [5, 5.41) is 9.44. The van der Waals surface area contributed by atoms with Gasteiger partial charge in [0.15, 0.2) is 0 Å². The Morgan fingerprint density at radius 2 is 1.92 bits per heavy atom. The number of aliphatic hydroxyl groups excluding tert-OH is 1. The van der Waals surface area contributed by atoms with E-state index in [1.165, 1.54) is 32.1 Å². The molecule has 1 N–H and O–H groups in total. The molecule has 1 saturated heterocycles. The molecule has 1 atom stereocenters. The Morgan fingerprint density at radius 1 is 1.15 bits per heavy atom. The zero-order chi connectivity index (χ0) is 9.15. The van der Waals surface area contributed by atoms with Crippen LogP contribution in [0, 0.1) is 5.92 Å². The van der Waals surface area contributed by atoms with Crippen LogP contribution < -0.4 is 0 Å². The van der Waals surface area contributed by atoms with Gasteiger partial charge in [-0.05, 0) is 31.6 Å². The Hall–Kier alpha value is -0.0800. The van der Waals surface area contributed by atoms with E-state index >= 15 is 0 Å². The number of aliphatic hydroxyl groups is 1. The number of hydrogen-bond acceptors (Lipinski definition) is 2. The Balaban J connectivity index is 2.01. The van der Waals surface area contributed by atoms with E-state index in [1.807, 2.05) is 0 Å². The van der Waals surface area contributed by atoms with Crippen LogP contribution in [-0.2, 0) is 4.74 Å². The van der Waals surface area contributed by atoms with E-state index in [0.29, 0.717) is 5.92 Å². The van der Waals surface area contributed by atoms with Crippen LogP contribution in [0.15, 0.2) is 0 Å². The second-order valence-electron chi connectivity index (χ2n) is 4.51. The molecule has 0 aromatic rings. The lowest BCUT2D eigenvalue weighted by Gasteiger charge is -2.37. The number of rotatable bonds is 2. The third-order valence-corrected chi connectivity index (χ3v) is 3.75. The minimum Gasteiger partial charge on any atom is -0.393 e. The Bertz CT molecular complexity index is 155. The number of hydrogen-bond donors (Lipinski definition) is 1. The van der Waals surface area contributed by atoms with Gasteiger partial charge in [0.1, 0.15) is 0 Å². The van der Waals surface area contributed by atoms with Crippen molar-refractivity contribution >= 4 is 0 Å². The molecule has 1 heterocycles. The normalized spacial score (nSPS) is 36.7. The molecule has 2 fully saturated rings. The predicted octanol–water partition coefficient (Wildman–Crippen LogP) is 2.11. The van der Waals surface area contributed by atoms with Crippen LogP contribution >= 0.6 is 0 Å². The van der Waals surface area contributed by atoms with Crippen molar-refractivity contribution in [2.45, 2.75) is 50.5 Å². The maximum absolute atomic E-state index is 9.44. The summed E-state index contributed by atoms with van der Waals surface area (Å²) in [5.41, 5.74) is -0.138. The van der Waals surface area contributed by atoms with E-state index in [9.17, 15) is 5.11 Å². The van der Waals surface area contributed by atoms with Crippen molar-refractivity contribution in [3.8, 4) is 0 Å². The molecule has 0 amide bonds. The van der Waals surface area contributed by atoms with Crippen molar-refractivity contribution < 1.29 is 9.84 Å². The maximum Gasteiger partial charge on any atom is 0.0940 e. The molecule has 0 spiro atoms. The van der Waals surface area contributed by atoms with Crippen molar-refractivity contribution in [3.63, 3.8) is 0 Å². The quantitative estimate of drug-likeness (QED) is 0.712. The first-order valence-electron chi connectivity index (χ1n) is 5.62. The molecule has 13 heavy (non-hydrogen) atoms. The SMILES string of the molecule is OCC1(C2CCCCC2)CCCO1. The van der Waals surface area contributed by atoms with Gasteiger partial charge in [0.2, 0.25) is 0 Å². The first-order chi connectivity index (χ1) is 6.37. The summed E-state index contributed by atoms with van der Waals surface area (Å²) in [5.74, 6) is 0.633. The van der Waals surface area contributed by atoms with Crippen LogP contribution in [0.5, 0.6) is 0 Å². The highest BCUT2D eigenvalue weighted by Crippen LogP contribution is 2.40.